The SMILES string of the molecule is CC.COC(=O)CSc1nncn1-c1sc(C2CC2)c2c1CCCC2. The fraction of sp³-hybridized carbons (Fsp3) is 0.611. The molecule has 0 aromatic carbocycles. The van der Waals surface area contributed by atoms with Crippen LogP contribution in [-0.4, -0.2) is 33.6 Å². The first-order valence-corrected chi connectivity index (χ1v) is 10.8. The molecule has 2 heterocycles. The minimum atomic E-state index is -0.239. The number of fused-ring (bicyclic) bond motifs is 1. The number of thiophene rings is 1. The minimum Gasteiger partial charge on any atom is -0.468 e. The zero-order valence-corrected chi connectivity index (χ0v) is 16.7. The molecule has 0 aliphatic heterocycles. The molecule has 0 amide bonds. The zero-order chi connectivity index (χ0) is 17.8. The third-order valence-corrected chi connectivity index (χ3v) is 6.81. The first-order chi connectivity index (χ1) is 12.3. The van der Waals surface area contributed by atoms with E-state index in [1.807, 2.05) is 25.2 Å². The highest BCUT2D eigenvalue weighted by Gasteiger charge is 2.32. The molecule has 136 valence electrons. The molecule has 0 radical (unpaired) electrons. The molecule has 2 aromatic rings. The Morgan fingerprint density at radius 1 is 1.32 bits per heavy atom. The van der Waals surface area contributed by atoms with Crippen LogP contribution in [0.5, 0.6) is 0 Å². The van der Waals surface area contributed by atoms with Gasteiger partial charge in [-0.25, -0.2) is 0 Å². The summed E-state index contributed by atoms with van der Waals surface area (Å²) >= 11 is 3.30. The highest BCUT2D eigenvalue weighted by molar-refractivity contribution is 7.99. The van der Waals surface area contributed by atoms with Crippen LogP contribution in [0.3, 0.4) is 0 Å². The van der Waals surface area contributed by atoms with Crippen molar-refractivity contribution in [3.05, 3.63) is 22.3 Å². The Kier molecular flexibility index (Phi) is 6.17. The number of carbonyl (C=O) groups is 1. The van der Waals surface area contributed by atoms with Crippen molar-refractivity contribution >= 4 is 29.1 Å². The van der Waals surface area contributed by atoms with Gasteiger partial charge < -0.3 is 4.74 Å². The van der Waals surface area contributed by atoms with Crippen molar-refractivity contribution in [3.63, 3.8) is 0 Å². The largest absolute Gasteiger partial charge is 0.468 e. The number of thioether (sulfide) groups is 1. The smallest absolute Gasteiger partial charge is 0.316 e. The molecule has 0 atom stereocenters. The molecule has 0 saturated heterocycles. The van der Waals surface area contributed by atoms with Gasteiger partial charge in [0.25, 0.3) is 0 Å². The van der Waals surface area contributed by atoms with Crippen molar-refractivity contribution in [2.45, 2.75) is 63.4 Å². The standard InChI is InChI=1S/C16H19N3O2S2.C2H6/c1-21-13(20)8-22-16-18-17-9-19(16)15-12-5-3-2-4-11(12)14(23-15)10-6-7-10;1-2/h9-10H,2-8H2,1H3;1-2H3. The van der Waals surface area contributed by atoms with Crippen molar-refractivity contribution in [3.8, 4) is 5.00 Å². The molecular weight excluding hydrogens is 354 g/mol. The molecule has 0 spiro atoms. The number of nitrogens with zero attached hydrogens (tertiary/aromatic N) is 3. The Bertz CT molecular complexity index is 735. The van der Waals surface area contributed by atoms with E-state index in [9.17, 15) is 4.79 Å². The summed E-state index contributed by atoms with van der Waals surface area (Å²) in [7, 11) is 1.41. The maximum absolute atomic E-state index is 11.4. The lowest BCUT2D eigenvalue weighted by Crippen LogP contribution is -2.06. The molecule has 2 aromatic heterocycles. The number of aromatic nitrogens is 3. The molecule has 7 heteroatoms. The van der Waals surface area contributed by atoms with Crippen molar-refractivity contribution < 1.29 is 9.53 Å². The monoisotopic (exact) mass is 379 g/mol. The Balaban J connectivity index is 0.000000880. The lowest BCUT2D eigenvalue weighted by molar-refractivity contribution is -0.137. The minimum absolute atomic E-state index is 0.239. The van der Waals surface area contributed by atoms with Crippen LogP contribution in [0.15, 0.2) is 11.5 Å². The number of methoxy groups -OCH3 is 1. The van der Waals surface area contributed by atoms with Gasteiger partial charge in [0.2, 0.25) is 0 Å². The maximum Gasteiger partial charge on any atom is 0.316 e. The van der Waals surface area contributed by atoms with E-state index in [-0.39, 0.29) is 11.7 Å². The van der Waals surface area contributed by atoms with E-state index >= 15 is 0 Å². The zero-order valence-electron chi connectivity index (χ0n) is 15.1. The average molecular weight is 380 g/mol. The normalized spacial score (nSPS) is 16.0. The van der Waals surface area contributed by atoms with Crippen LogP contribution in [0.2, 0.25) is 0 Å². The van der Waals surface area contributed by atoms with E-state index < -0.39 is 0 Å². The lowest BCUT2D eigenvalue weighted by Gasteiger charge is -2.14. The predicted molar refractivity (Wildman–Crippen MR) is 102 cm³/mol. The Morgan fingerprint density at radius 2 is 2.04 bits per heavy atom. The van der Waals surface area contributed by atoms with E-state index in [1.165, 1.54) is 61.5 Å². The number of hydrogen-bond acceptors (Lipinski definition) is 6. The second-order valence-corrected chi connectivity index (χ2v) is 8.03. The number of rotatable bonds is 5. The van der Waals surface area contributed by atoms with Gasteiger partial charge in [-0.2, -0.15) is 0 Å². The summed E-state index contributed by atoms with van der Waals surface area (Å²) in [6.45, 7) is 4.00. The van der Waals surface area contributed by atoms with Gasteiger partial charge in [-0.1, -0.05) is 25.6 Å². The van der Waals surface area contributed by atoms with Gasteiger partial charge in [-0.3, -0.25) is 9.36 Å². The van der Waals surface area contributed by atoms with Gasteiger partial charge in [-0.15, -0.1) is 21.5 Å². The van der Waals surface area contributed by atoms with Gasteiger partial charge in [0, 0.05) is 4.88 Å². The maximum atomic E-state index is 11.4. The summed E-state index contributed by atoms with van der Waals surface area (Å²) in [5, 5.41) is 10.3. The number of hydrogen-bond donors (Lipinski definition) is 0. The second kappa shape index (κ2) is 8.36. The second-order valence-electron chi connectivity index (χ2n) is 6.06. The molecule has 0 bridgehead atoms. The summed E-state index contributed by atoms with van der Waals surface area (Å²) in [6.07, 6.45) is 9.36. The van der Waals surface area contributed by atoms with Gasteiger partial charge in [0.1, 0.15) is 11.3 Å². The lowest BCUT2D eigenvalue weighted by atomic mass is 9.92. The molecule has 2 aliphatic carbocycles. The highest BCUT2D eigenvalue weighted by atomic mass is 32.2. The first kappa shape index (κ1) is 18.5. The third-order valence-electron chi connectivity index (χ3n) is 4.46. The van der Waals surface area contributed by atoms with Crippen LogP contribution in [0.4, 0.5) is 0 Å². The fourth-order valence-corrected chi connectivity index (χ4v) is 5.50. The van der Waals surface area contributed by atoms with Crippen LogP contribution in [0.1, 0.15) is 61.5 Å². The summed E-state index contributed by atoms with van der Waals surface area (Å²) in [4.78, 5) is 13.0. The van der Waals surface area contributed by atoms with Gasteiger partial charge in [-0.05, 0) is 55.6 Å². The van der Waals surface area contributed by atoms with Crippen LogP contribution in [0.25, 0.3) is 5.00 Å². The molecule has 1 saturated carbocycles. The van der Waals surface area contributed by atoms with Crippen LogP contribution in [0, 0.1) is 0 Å². The molecule has 4 rings (SSSR count). The summed E-state index contributed by atoms with van der Waals surface area (Å²) in [5.74, 6) is 0.804. The fourth-order valence-electron chi connectivity index (χ4n) is 3.15. The van der Waals surface area contributed by atoms with Crippen LogP contribution >= 0.6 is 23.1 Å². The van der Waals surface area contributed by atoms with Crippen molar-refractivity contribution in [2.24, 2.45) is 0 Å². The summed E-state index contributed by atoms with van der Waals surface area (Å²) in [5.41, 5.74) is 3.08. The Morgan fingerprint density at radius 3 is 2.72 bits per heavy atom. The van der Waals surface area contributed by atoms with E-state index in [1.54, 1.807) is 16.8 Å². The number of carbonyl (C=O) groups excluding carboxylic acids is 1. The number of ether oxygens (including phenoxy) is 1. The van der Waals surface area contributed by atoms with E-state index in [4.69, 9.17) is 4.74 Å². The molecule has 5 nitrogen and oxygen atoms in total. The topological polar surface area (TPSA) is 57.0 Å². The van der Waals surface area contributed by atoms with E-state index in [2.05, 4.69) is 14.8 Å². The predicted octanol–water partition coefficient (Wildman–Crippen LogP) is 4.38. The molecule has 0 unspecified atom stereocenters. The van der Waals surface area contributed by atoms with Crippen molar-refractivity contribution in [1.29, 1.82) is 0 Å². The highest BCUT2D eigenvalue weighted by Crippen LogP contribution is 2.49. The van der Waals surface area contributed by atoms with Crippen LogP contribution in [-0.2, 0) is 22.4 Å². The Labute approximate surface area is 157 Å². The van der Waals surface area contributed by atoms with Gasteiger partial charge in [0.15, 0.2) is 5.16 Å². The number of esters is 1. The molecule has 25 heavy (non-hydrogen) atoms. The summed E-state index contributed by atoms with van der Waals surface area (Å²) < 4.78 is 6.78. The average Bonchev–Trinajstić information content (AvgIpc) is 3.28. The molecule has 2 aliphatic rings. The van der Waals surface area contributed by atoms with E-state index in [0.29, 0.717) is 0 Å². The molecule has 0 N–H and O–H groups in total. The van der Waals surface area contributed by atoms with Crippen molar-refractivity contribution in [1.82, 2.24) is 14.8 Å². The summed E-state index contributed by atoms with van der Waals surface area (Å²) in [6, 6.07) is 0. The Hall–Kier alpha value is -1.34. The van der Waals surface area contributed by atoms with Crippen LogP contribution < -0.4 is 0 Å². The van der Waals surface area contributed by atoms with Gasteiger partial charge in [0.05, 0.1) is 12.9 Å². The van der Waals surface area contributed by atoms with Crippen molar-refractivity contribution in [2.75, 3.05) is 12.9 Å². The first-order valence-electron chi connectivity index (χ1n) is 9.02. The third kappa shape index (κ3) is 3.92. The quantitative estimate of drug-likeness (QED) is 0.570. The molecular formula is C18H25N3O2S2. The molecule has 1 fully saturated rings. The van der Waals surface area contributed by atoms with Gasteiger partial charge >= 0.3 is 5.97 Å². The van der Waals surface area contributed by atoms with E-state index in [0.717, 1.165) is 17.5 Å².